The van der Waals surface area contributed by atoms with Crippen molar-refractivity contribution in [2.45, 2.75) is 26.7 Å². The Morgan fingerprint density at radius 2 is 1.73 bits per heavy atom. The van der Waals surface area contributed by atoms with Crippen LogP contribution in [0.5, 0.6) is 0 Å². The molecule has 0 aromatic heterocycles. The second kappa shape index (κ2) is 10.2. The van der Waals surface area contributed by atoms with Gasteiger partial charge in [-0.2, -0.15) is 0 Å². The summed E-state index contributed by atoms with van der Waals surface area (Å²) in [6.45, 7) is 9.05. The van der Waals surface area contributed by atoms with Crippen LogP contribution in [0.1, 0.15) is 26.7 Å². The fourth-order valence-electron chi connectivity index (χ4n) is 1.92. The summed E-state index contributed by atoms with van der Waals surface area (Å²) < 4.78 is 10.2. The first kappa shape index (κ1) is 21.2. The highest BCUT2D eigenvalue weighted by atomic mass is 16.6. The highest BCUT2D eigenvalue weighted by Crippen LogP contribution is 2.34. The molecule has 0 aliphatic heterocycles. The summed E-state index contributed by atoms with van der Waals surface area (Å²) in [6, 6.07) is 0. The Morgan fingerprint density at radius 1 is 1.12 bits per heavy atom. The summed E-state index contributed by atoms with van der Waals surface area (Å²) in [4.78, 5) is 23.2. The van der Waals surface area contributed by atoms with Crippen LogP contribution in [0, 0.1) is 11.8 Å². The van der Waals surface area contributed by atoms with Gasteiger partial charge in [-0.3, -0.25) is 0 Å². The third-order valence-electron chi connectivity index (χ3n) is 3.31. The maximum absolute atomic E-state index is 11.6. The zero-order valence-electron chi connectivity index (χ0n) is 14.9. The molecule has 6 heteroatoms. The first-order valence-electron chi connectivity index (χ1n) is 7.86. The van der Waals surface area contributed by atoms with Gasteiger partial charge in [-0.05, 0) is 25.5 Å². The van der Waals surface area contributed by atoms with Crippen molar-refractivity contribution in [3.8, 4) is 11.8 Å². The van der Waals surface area contributed by atoms with Crippen molar-refractivity contribution in [1.82, 2.24) is 0 Å². The van der Waals surface area contributed by atoms with Crippen LogP contribution in [-0.4, -0.2) is 35.4 Å². The van der Waals surface area contributed by atoms with Crippen LogP contribution >= 0.6 is 0 Å². The van der Waals surface area contributed by atoms with Gasteiger partial charge >= 0.3 is 11.9 Å². The Kier molecular flexibility index (Phi) is 8.29. The summed E-state index contributed by atoms with van der Waals surface area (Å²) in [7, 11) is 0. The van der Waals surface area contributed by atoms with E-state index in [2.05, 4.69) is 25.0 Å². The van der Waals surface area contributed by atoms with E-state index in [1.165, 1.54) is 13.8 Å². The van der Waals surface area contributed by atoms with Crippen LogP contribution in [-0.2, 0) is 19.1 Å². The van der Waals surface area contributed by atoms with E-state index in [0.717, 1.165) is 6.42 Å². The summed E-state index contributed by atoms with van der Waals surface area (Å²) in [5, 5.41) is 18.7. The third kappa shape index (κ3) is 5.88. The third-order valence-corrected chi connectivity index (χ3v) is 3.31. The first-order chi connectivity index (χ1) is 12.3. The lowest BCUT2D eigenvalue weighted by molar-refractivity contribution is -0.138. The minimum atomic E-state index is -0.709. The van der Waals surface area contributed by atoms with Gasteiger partial charge in [0.1, 0.15) is 0 Å². The first-order valence-corrected chi connectivity index (χ1v) is 7.86. The van der Waals surface area contributed by atoms with Crippen LogP contribution in [0.2, 0.25) is 0 Å². The Labute approximate surface area is 152 Å². The predicted octanol–water partition coefficient (Wildman–Crippen LogP) is 2.07. The largest absolute Gasteiger partial charge is 0.423 e. The zero-order chi connectivity index (χ0) is 19.7. The Morgan fingerprint density at radius 3 is 2.12 bits per heavy atom. The van der Waals surface area contributed by atoms with Crippen LogP contribution in [0.15, 0.2) is 59.1 Å². The molecule has 0 radical (unpaired) electrons. The second-order valence-electron chi connectivity index (χ2n) is 5.59. The van der Waals surface area contributed by atoms with Crippen LogP contribution in [0.3, 0.4) is 0 Å². The molecule has 0 aromatic carbocycles. The SMILES string of the molecule is C1#CCC=C1.C=C(C)C(=O)OC1=C(OC(=O)C(=C)C)C(CO)=C(CO)C1. The molecule has 2 rings (SSSR count). The van der Waals surface area contributed by atoms with E-state index in [-0.39, 0.29) is 41.3 Å². The molecule has 2 N–H and O–H groups in total. The molecular weight excluding hydrogens is 336 g/mol. The molecule has 26 heavy (non-hydrogen) atoms. The van der Waals surface area contributed by atoms with Gasteiger partial charge in [0, 0.05) is 29.6 Å². The molecule has 0 heterocycles. The number of aliphatic hydroxyl groups is 2. The minimum absolute atomic E-state index is 0.0517. The average Bonchev–Trinajstić information content (AvgIpc) is 3.26. The fourth-order valence-corrected chi connectivity index (χ4v) is 1.92. The van der Waals surface area contributed by atoms with Gasteiger partial charge in [-0.15, -0.1) is 0 Å². The van der Waals surface area contributed by atoms with E-state index in [4.69, 9.17) is 9.47 Å². The standard InChI is InChI=1S/C15H18O6.C5H4/c1-8(2)14(18)20-12-5-10(6-16)11(7-17)13(12)21-15(19)9(3)4;1-2-4-5-3-1/h16-17H,1,3,5-7H2,2,4H3;1-2H,3H2. The van der Waals surface area contributed by atoms with Crippen LogP contribution < -0.4 is 0 Å². The van der Waals surface area contributed by atoms with Crippen molar-refractivity contribution in [1.29, 1.82) is 0 Å². The van der Waals surface area contributed by atoms with Gasteiger partial charge in [-0.25, -0.2) is 9.59 Å². The summed E-state index contributed by atoms with van der Waals surface area (Å²) in [6.07, 6.45) is 4.92. The molecule has 0 amide bonds. The topological polar surface area (TPSA) is 93.1 Å². The molecule has 0 spiro atoms. The molecule has 0 atom stereocenters. The van der Waals surface area contributed by atoms with E-state index in [1.54, 1.807) is 0 Å². The van der Waals surface area contributed by atoms with Gasteiger partial charge in [0.2, 0.25) is 0 Å². The summed E-state index contributed by atoms with van der Waals surface area (Å²) in [5.74, 6) is 4.28. The number of rotatable bonds is 6. The number of esters is 2. The van der Waals surface area contributed by atoms with E-state index >= 15 is 0 Å². The van der Waals surface area contributed by atoms with Gasteiger partial charge < -0.3 is 19.7 Å². The lowest BCUT2D eigenvalue weighted by Gasteiger charge is -2.11. The average molecular weight is 358 g/mol. The zero-order valence-corrected chi connectivity index (χ0v) is 14.9. The van der Waals surface area contributed by atoms with Gasteiger partial charge in [-0.1, -0.05) is 31.1 Å². The normalized spacial score (nSPS) is 14.3. The molecule has 0 saturated heterocycles. The second-order valence-corrected chi connectivity index (χ2v) is 5.59. The number of hydrogen-bond acceptors (Lipinski definition) is 6. The van der Waals surface area contributed by atoms with E-state index in [0.29, 0.717) is 5.57 Å². The molecule has 2 aliphatic rings. The minimum Gasteiger partial charge on any atom is -0.423 e. The van der Waals surface area contributed by atoms with E-state index in [9.17, 15) is 19.8 Å². The van der Waals surface area contributed by atoms with Crippen molar-refractivity contribution in [2.24, 2.45) is 0 Å². The number of carbonyl (C=O) groups excluding carboxylic acids is 2. The van der Waals surface area contributed by atoms with Crippen molar-refractivity contribution in [3.05, 3.63) is 59.1 Å². The number of ether oxygens (including phenoxy) is 2. The lowest BCUT2D eigenvalue weighted by Crippen LogP contribution is -2.11. The van der Waals surface area contributed by atoms with Gasteiger partial charge in [0.15, 0.2) is 11.5 Å². The van der Waals surface area contributed by atoms with Crippen molar-refractivity contribution in [2.75, 3.05) is 13.2 Å². The van der Waals surface area contributed by atoms with Gasteiger partial charge in [0.25, 0.3) is 0 Å². The Hall–Kier alpha value is -2.88. The highest BCUT2D eigenvalue weighted by molar-refractivity contribution is 5.89. The molecule has 0 saturated carbocycles. The number of aliphatic hydroxyl groups excluding tert-OH is 2. The quantitative estimate of drug-likeness (QED) is 0.429. The maximum Gasteiger partial charge on any atom is 0.338 e. The number of hydrogen-bond donors (Lipinski definition) is 2. The molecule has 6 nitrogen and oxygen atoms in total. The molecular formula is C20H22O6. The maximum atomic E-state index is 11.6. The number of carbonyl (C=O) groups is 2. The molecule has 138 valence electrons. The molecule has 0 unspecified atom stereocenters. The van der Waals surface area contributed by atoms with Crippen LogP contribution in [0.4, 0.5) is 0 Å². The summed E-state index contributed by atoms with van der Waals surface area (Å²) in [5.41, 5.74) is 0.988. The van der Waals surface area contributed by atoms with Crippen molar-refractivity contribution in [3.63, 3.8) is 0 Å². The van der Waals surface area contributed by atoms with E-state index in [1.807, 2.05) is 12.2 Å². The Balaban J connectivity index is 0.000000577. The fraction of sp³-hybridized carbons (Fsp3) is 0.300. The monoisotopic (exact) mass is 358 g/mol. The molecule has 0 fully saturated rings. The molecule has 0 bridgehead atoms. The van der Waals surface area contributed by atoms with E-state index < -0.39 is 18.5 Å². The lowest BCUT2D eigenvalue weighted by atomic mass is 10.1. The highest BCUT2D eigenvalue weighted by Gasteiger charge is 2.30. The van der Waals surface area contributed by atoms with Gasteiger partial charge in [0.05, 0.1) is 13.2 Å². The predicted molar refractivity (Wildman–Crippen MR) is 96.2 cm³/mol. The Bertz CT molecular complexity index is 768. The van der Waals surface area contributed by atoms with Crippen LogP contribution in [0.25, 0.3) is 0 Å². The molecule has 0 aromatic rings. The smallest absolute Gasteiger partial charge is 0.338 e. The number of allylic oxidation sites excluding steroid dienone is 3. The summed E-state index contributed by atoms with van der Waals surface area (Å²) >= 11 is 0. The molecule has 2 aliphatic carbocycles. The van der Waals surface area contributed by atoms with Crippen molar-refractivity contribution >= 4 is 11.9 Å². The van der Waals surface area contributed by atoms with Crippen molar-refractivity contribution < 1.29 is 29.3 Å².